The van der Waals surface area contributed by atoms with Crippen molar-refractivity contribution in [2.45, 2.75) is 13.8 Å². The summed E-state index contributed by atoms with van der Waals surface area (Å²) in [6.07, 6.45) is 1.38. The van der Waals surface area contributed by atoms with Crippen molar-refractivity contribution in [2.75, 3.05) is 11.9 Å². The SMILES string of the molecule is Cc1ccc(NC(=O)COC(=O)c2sc3ncn(C)c(=O)c3c2C)cc1F. The predicted molar refractivity (Wildman–Crippen MR) is 99.6 cm³/mol. The molecule has 0 aliphatic carbocycles. The maximum absolute atomic E-state index is 13.5. The lowest BCUT2D eigenvalue weighted by Crippen LogP contribution is -2.21. The van der Waals surface area contributed by atoms with Crippen molar-refractivity contribution in [1.29, 1.82) is 0 Å². The molecule has 2 heterocycles. The molecule has 0 aliphatic heterocycles. The highest BCUT2D eigenvalue weighted by Gasteiger charge is 2.21. The summed E-state index contributed by atoms with van der Waals surface area (Å²) in [6.45, 7) is 2.71. The number of ether oxygens (including phenoxy) is 1. The summed E-state index contributed by atoms with van der Waals surface area (Å²) in [5.74, 6) is -1.76. The van der Waals surface area contributed by atoms with Gasteiger partial charge in [-0.3, -0.25) is 9.59 Å². The molecular formula is C18H16FN3O4S. The third-order valence-corrected chi connectivity index (χ3v) is 5.17. The molecule has 9 heteroatoms. The number of fused-ring (bicyclic) bond motifs is 1. The van der Waals surface area contributed by atoms with E-state index in [2.05, 4.69) is 10.3 Å². The molecule has 0 unspecified atom stereocenters. The van der Waals surface area contributed by atoms with Crippen LogP contribution >= 0.6 is 11.3 Å². The summed E-state index contributed by atoms with van der Waals surface area (Å²) in [5.41, 5.74) is 0.936. The number of amides is 1. The lowest BCUT2D eigenvalue weighted by Gasteiger charge is -2.07. The molecule has 1 amide bonds. The number of esters is 1. The Hall–Kier alpha value is -3.07. The number of halogens is 1. The number of nitrogens with one attached hydrogen (secondary N) is 1. The second kappa shape index (κ2) is 7.28. The third kappa shape index (κ3) is 3.72. The van der Waals surface area contributed by atoms with Gasteiger partial charge in [-0.2, -0.15) is 0 Å². The van der Waals surface area contributed by atoms with Crippen molar-refractivity contribution >= 4 is 39.1 Å². The summed E-state index contributed by atoms with van der Waals surface area (Å²) in [4.78, 5) is 41.2. The average molecular weight is 389 g/mol. The van der Waals surface area contributed by atoms with Gasteiger partial charge in [0.1, 0.15) is 15.5 Å². The fourth-order valence-corrected chi connectivity index (χ4v) is 3.50. The highest BCUT2D eigenvalue weighted by molar-refractivity contribution is 7.20. The molecule has 140 valence electrons. The first-order valence-electron chi connectivity index (χ1n) is 7.95. The summed E-state index contributed by atoms with van der Waals surface area (Å²) in [7, 11) is 1.57. The number of thiophene rings is 1. The summed E-state index contributed by atoms with van der Waals surface area (Å²) in [6, 6.07) is 4.27. The van der Waals surface area contributed by atoms with E-state index in [1.54, 1.807) is 27.0 Å². The number of carbonyl (C=O) groups excluding carboxylic acids is 2. The lowest BCUT2D eigenvalue weighted by atomic mass is 10.2. The smallest absolute Gasteiger partial charge is 0.349 e. The second-order valence-electron chi connectivity index (χ2n) is 5.99. The van der Waals surface area contributed by atoms with E-state index in [0.29, 0.717) is 21.3 Å². The van der Waals surface area contributed by atoms with Crippen LogP contribution < -0.4 is 10.9 Å². The van der Waals surface area contributed by atoms with Crippen molar-refractivity contribution in [3.8, 4) is 0 Å². The van der Waals surface area contributed by atoms with Crippen molar-refractivity contribution in [1.82, 2.24) is 9.55 Å². The van der Waals surface area contributed by atoms with E-state index in [9.17, 15) is 18.8 Å². The van der Waals surface area contributed by atoms with Crippen molar-refractivity contribution < 1.29 is 18.7 Å². The number of hydrogen-bond donors (Lipinski definition) is 1. The Bertz CT molecular complexity index is 1120. The number of hydrogen-bond acceptors (Lipinski definition) is 6. The van der Waals surface area contributed by atoms with Crippen molar-refractivity contribution in [3.63, 3.8) is 0 Å². The molecule has 2 aromatic heterocycles. The quantitative estimate of drug-likeness (QED) is 0.693. The molecule has 3 rings (SSSR count). The van der Waals surface area contributed by atoms with Gasteiger partial charge in [-0.05, 0) is 37.1 Å². The minimum Gasteiger partial charge on any atom is -0.451 e. The van der Waals surface area contributed by atoms with E-state index in [0.717, 1.165) is 11.3 Å². The van der Waals surface area contributed by atoms with Gasteiger partial charge in [-0.25, -0.2) is 14.2 Å². The largest absolute Gasteiger partial charge is 0.451 e. The van der Waals surface area contributed by atoms with Crippen LogP contribution in [0.5, 0.6) is 0 Å². The van der Waals surface area contributed by atoms with E-state index in [1.807, 2.05) is 0 Å². The molecule has 3 aromatic rings. The minimum absolute atomic E-state index is 0.218. The van der Waals surface area contributed by atoms with Crippen LogP contribution in [0, 0.1) is 19.7 Å². The third-order valence-electron chi connectivity index (χ3n) is 3.99. The van der Waals surface area contributed by atoms with Crippen LogP contribution in [0.15, 0.2) is 29.3 Å². The molecule has 0 aliphatic rings. The highest BCUT2D eigenvalue weighted by Crippen LogP contribution is 2.27. The summed E-state index contributed by atoms with van der Waals surface area (Å²) < 4.78 is 19.9. The molecule has 7 nitrogen and oxygen atoms in total. The van der Waals surface area contributed by atoms with E-state index in [-0.39, 0.29) is 16.1 Å². The maximum Gasteiger partial charge on any atom is 0.349 e. The van der Waals surface area contributed by atoms with Gasteiger partial charge in [0.2, 0.25) is 0 Å². The molecule has 0 bridgehead atoms. The Kier molecular flexibility index (Phi) is 5.04. The van der Waals surface area contributed by atoms with Gasteiger partial charge in [-0.15, -0.1) is 11.3 Å². The van der Waals surface area contributed by atoms with Gasteiger partial charge in [0, 0.05) is 12.7 Å². The van der Waals surface area contributed by atoms with Crippen LogP contribution in [0.2, 0.25) is 0 Å². The fourth-order valence-electron chi connectivity index (χ4n) is 2.47. The standard InChI is InChI=1S/C18H16FN3O4S/c1-9-4-5-11(6-12(9)19)21-13(23)7-26-18(25)15-10(2)14-16(27-15)20-8-22(3)17(14)24/h4-6,8H,7H2,1-3H3,(H,21,23). The van der Waals surface area contributed by atoms with E-state index in [4.69, 9.17) is 4.74 Å². The van der Waals surface area contributed by atoms with Gasteiger partial charge in [0.25, 0.3) is 11.5 Å². The van der Waals surface area contributed by atoms with Crippen LogP contribution in [-0.2, 0) is 16.6 Å². The Morgan fingerprint density at radius 3 is 2.78 bits per heavy atom. The van der Waals surface area contributed by atoms with Gasteiger partial charge in [-0.1, -0.05) is 6.07 Å². The molecule has 0 fully saturated rings. The number of benzene rings is 1. The van der Waals surface area contributed by atoms with Gasteiger partial charge in [0.05, 0.1) is 11.7 Å². The number of carbonyl (C=O) groups is 2. The fraction of sp³-hybridized carbons (Fsp3) is 0.222. The number of nitrogens with zero attached hydrogens (tertiary/aromatic N) is 2. The van der Waals surface area contributed by atoms with Gasteiger partial charge in [0.15, 0.2) is 6.61 Å². The average Bonchev–Trinajstić information content (AvgIpc) is 2.97. The molecule has 0 radical (unpaired) electrons. The van der Waals surface area contributed by atoms with E-state index >= 15 is 0 Å². The van der Waals surface area contributed by atoms with Crippen molar-refractivity contribution in [2.24, 2.45) is 7.05 Å². The Morgan fingerprint density at radius 1 is 1.33 bits per heavy atom. The number of aromatic nitrogens is 2. The second-order valence-corrected chi connectivity index (χ2v) is 6.98. The molecule has 27 heavy (non-hydrogen) atoms. The molecule has 1 aromatic carbocycles. The molecule has 0 saturated heterocycles. The Labute approximate surface area is 157 Å². The zero-order chi connectivity index (χ0) is 19.7. The number of aryl methyl sites for hydroxylation is 3. The van der Waals surface area contributed by atoms with Crippen LogP contribution in [0.25, 0.3) is 10.2 Å². The molecule has 0 saturated carbocycles. The molecular weight excluding hydrogens is 373 g/mol. The van der Waals surface area contributed by atoms with E-state index in [1.165, 1.54) is 23.0 Å². The molecule has 0 spiro atoms. The highest BCUT2D eigenvalue weighted by atomic mass is 32.1. The number of rotatable bonds is 4. The van der Waals surface area contributed by atoms with E-state index < -0.39 is 24.3 Å². The predicted octanol–water partition coefficient (Wildman–Crippen LogP) is 2.55. The lowest BCUT2D eigenvalue weighted by molar-refractivity contribution is -0.119. The first-order valence-corrected chi connectivity index (χ1v) is 8.77. The van der Waals surface area contributed by atoms with Crippen LogP contribution in [0.3, 0.4) is 0 Å². The Morgan fingerprint density at radius 2 is 2.07 bits per heavy atom. The zero-order valence-corrected chi connectivity index (χ0v) is 15.6. The topological polar surface area (TPSA) is 90.3 Å². The monoisotopic (exact) mass is 389 g/mol. The number of anilines is 1. The minimum atomic E-state index is -0.720. The zero-order valence-electron chi connectivity index (χ0n) is 14.8. The maximum atomic E-state index is 13.5. The molecule has 1 N–H and O–H groups in total. The van der Waals surface area contributed by atoms with Crippen LogP contribution in [0.4, 0.5) is 10.1 Å². The van der Waals surface area contributed by atoms with Gasteiger partial charge < -0.3 is 14.6 Å². The van der Waals surface area contributed by atoms with Crippen LogP contribution in [0.1, 0.15) is 20.8 Å². The van der Waals surface area contributed by atoms with Crippen LogP contribution in [-0.4, -0.2) is 28.0 Å². The Balaban J connectivity index is 1.70. The first kappa shape index (κ1) is 18.7. The van der Waals surface area contributed by atoms with Gasteiger partial charge >= 0.3 is 5.97 Å². The van der Waals surface area contributed by atoms with Crippen molar-refractivity contribution in [3.05, 3.63) is 56.7 Å². The summed E-state index contributed by atoms with van der Waals surface area (Å²) in [5, 5.41) is 2.81. The first-order chi connectivity index (χ1) is 12.8. The normalized spacial score (nSPS) is 10.8. The molecule has 0 atom stereocenters. The summed E-state index contributed by atoms with van der Waals surface area (Å²) >= 11 is 1.03.